The molecule has 1 aromatic rings. The van der Waals surface area contributed by atoms with E-state index in [9.17, 15) is 9.59 Å². The summed E-state index contributed by atoms with van der Waals surface area (Å²) in [6, 6.07) is 4.86. The molecule has 2 amide bonds. The molecule has 0 bridgehead atoms. The summed E-state index contributed by atoms with van der Waals surface area (Å²) in [6.07, 6.45) is 1.85. The van der Waals surface area contributed by atoms with E-state index in [1.807, 2.05) is 25.1 Å². The highest BCUT2D eigenvalue weighted by atomic mass is 79.9. The Morgan fingerprint density at radius 3 is 2.88 bits per heavy atom. The predicted molar refractivity (Wildman–Crippen MR) is 95.9 cm³/mol. The second-order valence-electron chi connectivity index (χ2n) is 6.31. The van der Waals surface area contributed by atoms with Gasteiger partial charge >= 0.3 is 12.0 Å². The number of ether oxygens (including phenoxy) is 2. The molecule has 3 rings (SSSR count). The Morgan fingerprint density at radius 1 is 1.40 bits per heavy atom. The number of rotatable bonds is 4. The van der Waals surface area contributed by atoms with Crippen molar-refractivity contribution in [3.05, 3.63) is 45.1 Å². The lowest BCUT2D eigenvalue weighted by molar-refractivity contribution is -0.142. The molecular weight excluding hydrogens is 388 g/mol. The van der Waals surface area contributed by atoms with Crippen molar-refractivity contribution in [3.8, 4) is 0 Å². The number of esters is 1. The van der Waals surface area contributed by atoms with Crippen LogP contribution in [-0.4, -0.2) is 31.3 Å². The van der Waals surface area contributed by atoms with E-state index in [1.165, 1.54) is 0 Å². The van der Waals surface area contributed by atoms with E-state index >= 15 is 0 Å². The summed E-state index contributed by atoms with van der Waals surface area (Å²) in [7, 11) is 0. The lowest BCUT2D eigenvalue weighted by Crippen LogP contribution is -2.45. The van der Waals surface area contributed by atoms with Crippen molar-refractivity contribution >= 4 is 27.9 Å². The number of carbonyl (C=O) groups is 2. The first kappa shape index (κ1) is 17.9. The molecule has 2 aliphatic heterocycles. The van der Waals surface area contributed by atoms with Gasteiger partial charge in [-0.2, -0.15) is 0 Å². The molecule has 1 fully saturated rings. The SMILES string of the molecule is CC1=C(C(=O)OC[C@@H]2CCCO2)[C@@H](c2ccc(C)c(Br)c2)NC(=O)N1. The van der Waals surface area contributed by atoms with Crippen LogP contribution in [0.25, 0.3) is 0 Å². The smallest absolute Gasteiger partial charge is 0.338 e. The maximum absolute atomic E-state index is 12.7. The lowest BCUT2D eigenvalue weighted by atomic mass is 9.95. The zero-order valence-corrected chi connectivity index (χ0v) is 15.8. The summed E-state index contributed by atoms with van der Waals surface area (Å²) < 4.78 is 11.9. The van der Waals surface area contributed by atoms with Gasteiger partial charge in [0.05, 0.1) is 17.7 Å². The van der Waals surface area contributed by atoms with Gasteiger partial charge in [0, 0.05) is 16.8 Å². The van der Waals surface area contributed by atoms with Crippen molar-refractivity contribution in [2.45, 2.75) is 38.8 Å². The number of carbonyl (C=O) groups excluding carboxylic acids is 2. The molecule has 2 N–H and O–H groups in total. The highest BCUT2D eigenvalue weighted by Gasteiger charge is 2.33. The van der Waals surface area contributed by atoms with E-state index < -0.39 is 12.0 Å². The Hall–Kier alpha value is -1.86. The number of nitrogens with one attached hydrogen (secondary N) is 2. The minimum atomic E-state index is -0.553. The first-order valence-electron chi connectivity index (χ1n) is 8.28. The molecule has 6 nitrogen and oxygen atoms in total. The summed E-state index contributed by atoms with van der Waals surface area (Å²) in [4.78, 5) is 24.6. The number of benzene rings is 1. The van der Waals surface area contributed by atoms with E-state index in [1.54, 1.807) is 6.92 Å². The van der Waals surface area contributed by atoms with Gasteiger partial charge in [0.25, 0.3) is 0 Å². The Balaban J connectivity index is 1.83. The number of urea groups is 1. The van der Waals surface area contributed by atoms with Crippen LogP contribution < -0.4 is 10.6 Å². The molecule has 134 valence electrons. The number of allylic oxidation sites excluding steroid dienone is 1. The first-order valence-corrected chi connectivity index (χ1v) is 9.08. The van der Waals surface area contributed by atoms with E-state index in [4.69, 9.17) is 9.47 Å². The van der Waals surface area contributed by atoms with Crippen LogP contribution >= 0.6 is 15.9 Å². The summed E-state index contributed by atoms with van der Waals surface area (Å²) >= 11 is 3.50. The normalized spacial score (nSPS) is 23.2. The van der Waals surface area contributed by atoms with Crippen molar-refractivity contribution in [2.75, 3.05) is 13.2 Å². The molecular formula is C18H21BrN2O4. The van der Waals surface area contributed by atoms with Crippen LogP contribution in [0.4, 0.5) is 4.79 Å². The molecule has 1 saturated heterocycles. The zero-order chi connectivity index (χ0) is 18.0. The Labute approximate surface area is 155 Å². The maximum atomic E-state index is 12.7. The quantitative estimate of drug-likeness (QED) is 0.750. The molecule has 7 heteroatoms. The zero-order valence-electron chi connectivity index (χ0n) is 14.2. The van der Waals surface area contributed by atoms with Crippen LogP contribution in [0, 0.1) is 6.92 Å². The van der Waals surface area contributed by atoms with E-state index in [2.05, 4.69) is 26.6 Å². The number of aryl methyl sites for hydroxylation is 1. The second-order valence-corrected chi connectivity index (χ2v) is 7.17. The Bertz CT molecular complexity index is 726. The summed E-state index contributed by atoms with van der Waals surface area (Å²) in [5.41, 5.74) is 2.80. The summed E-state index contributed by atoms with van der Waals surface area (Å²) in [6.45, 7) is 4.62. The fraction of sp³-hybridized carbons (Fsp3) is 0.444. The number of hydrogen-bond acceptors (Lipinski definition) is 4. The monoisotopic (exact) mass is 408 g/mol. The molecule has 0 aromatic heterocycles. The molecule has 0 radical (unpaired) electrons. The van der Waals surface area contributed by atoms with Gasteiger partial charge in [-0.25, -0.2) is 9.59 Å². The van der Waals surface area contributed by atoms with Crippen LogP contribution in [0.1, 0.15) is 36.9 Å². The standard InChI is InChI=1S/C18H21BrN2O4/c1-10-5-6-12(8-14(10)19)16-15(11(2)20-18(23)21-16)17(22)25-9-13-4-3-7-24-13/h5-6,8,13,16H,3-4,7,9H2,1-2H3,(H2,20,21,23)/t13-,16+/m0/s1. The van der Waals surface area contributed by atoms with Gasteiger partial charge in [-0.1, -0.05) is 28.1 Å². The third-order valence-electron chi connectivity index (χ3n) is 4.44. The molecule has 2 aliphatic rings. The van der Waals surface area contributed by atoms with Crippen molar-refractivity contribution in [2.24, 2.45) is 0 Å². The molecule has 0 saturated carbocycles. The molecule has 25 heavy (non-hydrogen) atoms. The first-order chi connectivity index (χ1) is 12.0. The average Bonchev–Trinajstić information content (AvgIpc) is 3.08. The van der Waals surface area contributed by atoms with Crippen molar-refractivity contribution in [3.63, 3.8) is 0 Å². The number of hydrogen-bond donors (Lipinski definition) is 2. The highest BCUT2D eigenvalue weighted by molar-refractivity contribution is 9.10. The van der Waals surface area contributed by atoms with Gasteiger partial charge in [0.15, 0.2) is 0 Å². The van der Waals surface area contributed by atoms with Crippen LogP contribution in [0.3, 0.4) is 0 Å². The third-order valence-corrected chi connectivity index (χ3v) is 5.30. The molecule has 0 unspecified atom stereocenters. The van der Waals surface area contributed by atoms with Gasteiger partial charge in [-0.15, -0.1) is 0 Å². The Morgan fingerprint density at radius 2 is 2.20 bits per heavy atom. The van der Waals surface area contributed by atoms with E-state index in [0.29, 0.717) is 17.9 Å². The molecule has 0 aliphatic carbocycles. The number of halogens is 1. The predicted octanol–water partition coefficient (Wildman–Crippen LogP) is 3.11. The van der Waals surface area contributed by atoms with Crippen LogP contribution in [0.15, 0.2) is 33.9 Å². The second kappa shape index (κ2) is 7.58. The van der Waals surface area contributed by atoms with Crippen LogP contribution in [-0.2, 0) is 14.3 Å². The van der Waals surface area contributed by atoms with Crippen LogP contribution in [0.2, 0.25) is 0 Å². The molecule has 0 spiro atoms. The third kappa shape index (κ3) is 4.04. The molecule has 2 atom stereocenters. The fourth-order valence-electron chi connectivity index (χ4n) is 3.03. The highest BCUT2D eigenvalue weighted by Crippen LogP contribution is 2.30. The fourth-order valence-corrected chi connectivity index (χ4v) is 3.42. The van der Waals surface area contributed by atoms with Gasteiger partial charge in [0.2, 0.25) is 0 Å². The largest absolute Gasteiger partial charge is 0.459 e. The minimum Gasteiger partial charge on any atom is -0.459 e. The van der Waals surface area contributed by atoms with E-state index in [0.717, 1.165) is 28.4 Å². The maximum Gasteiger partial charge on any atom is 0.338 e. The molecule has 1 aromatic carbocycles. The van der Waals surface area contributed by atoms with E-state index in [-0.39, 0.29) is 18.7 Å². The summed E-state index contributed by atoms with van der Waals surface area (Å²) in [5, 5.41) is 5.46. The summed E-state index contributed by atoms with van der Waals surface area (Å²) in [5.74, 6) is -0.442. The lowest BCUT2D eigenvalue weighted by Gasteiger charge is -2.28. The minimum absolute atomic E-state index is 0.0389. The van der Waals surface area contributed by atoms with Crippen molar-refractivity contribution < 1.29 is 19.1 Å². The van der Waals surface area contributed by atoms with Gasteiger partial charge in [-0.05, 0) is 43.9 Å². The van der Waals surface area contributed by atoms with Gasteiger partial charge in [0.1, 0.15) is 6.61 Å². The topological polar surface area (TPSA) is 76.7 Å². The Kier molecular flexibility index (Phi) is 5.44. The van der Waals surface area contributed by atoms with Crippen molar-refractivity contribution in [1.29, 1.82) is 0 Å². The van der Waals surface area contributed by atoms with Crippen molar-refractivity contribution in [1.82, 2.24) is 10.6 Å². The van der Waals surface area contributed by atoms with Crippen LogP contribution in [0.5, 0.6) is 0 Å². The molecule has 2 heterocycles. The average molecular weight is 409 g/mol. The van der Waals surface area contributed by atoms with Gasteiger partial charge in [-0.3, -0.25) is 0 Å². The van der Waals surface area contributed by atoms with Gasteiger partial charge < -0.3 is 20.1 Å². The number of amides is 2.